The van der Waals surface area contributed by atoms with Gasteiger partial charge in [-0.05, 0) is 95.3 Å². The number of ether oxygens (including phenoxy) is 1. The first-order valence-corrected chi connectivity index (χ1v) is 12.3. The summed E-state index contributed by atoms with van der Waals surface area (Å²) in [4.78, 5) is 29.8. The molecule has 0 aliphatic carbocycles. The van der Waals surface area contributed by atoms with Crippen molar-refractivity contribution in [3.05, 3.63) is 88.0 Å². The molecule has 6 nitrogen and oxygen atoms in total. The second kappa shape index (κ2) is 11.0. The summed E-state index contributed by atoms with van der Waals surface area (Å²) in [6.07, 6.45) is 0.715. The summed E-state index contributed by atoms with van der Waals surface area (Å²) in [5.41, 5.74) is 2.49. The van der Waals surface area contributed by atoms with Gasteiger partial charge in [-0.1, -0.05) is 30.3 Å². The van der Waals surface area contributed by atoms with E-state index in [2.05, 4.69) is 27.9 Å². The van der Waals surface area contributed by atoms with Crippen molar-refractivity contribution in [3.8, 4) is 5.75 Å². The Morgan fingerprint density at radius 3 is 2.35 bits per heavy atom. The van der Waals surface area contributed by atoms with Crippen molar-refractivity contribution in [2.24, 2.45) is 0 Å². The Labute approximate surface area is 218 Å². The summed E-state index contributed by atoms with van der Waals surface area (Å²) in [6, 6.07) is 24.0. The number of hydrogen-bond donors (Lipinski definition) is 1. The van der Waals surface area contributed by atoms with Crippen LogP contribution in [0.25, 0.3) is 0 Å². The lowest BCUT2D eigenvalue weighted by Gasteiger charge is -2.24. The van der Waals surface area contributed by atoms with Crippen LogP contribution in [-0.4, -0.2) is 41.5 Å². The normalized spacial score (nSPS) is 15.5. The summed E-state index contributed by atoms with van der Waals surface area (Å²) >= 11 is 7.95. The van der Waals surface area contributed by atoms with Crippen molar-refractivity contribution < 1.29 is 14.3 Å². The topological polar surface area (TPSA) is 61.9 Å². The minimum Gasteiger partial charge on any atom is -0.497 e. The maximum Gasteiger partial charge on any atom is 0.256 e. The van der Waals surface area contributed by atoms with Gasteiger partial charge in [0.15, 0.2) is 5.11 Å². The number of rotatable bonds is 8. The van der Waals surface area contributed by atoms with Crippen LogP contribution in [0.4, 0.5) is 11.4 Å². The number of nitrogens with zero attached hydrogens (tertiary/aromatic N) is 2. The first-order valence-electron chi connectivity index (χ1n) is 10.8. The fourth-order valence-electron chi connectivity index (χ4n) is 3.87. The Morgan fingerprint density at radius 2 is 1.71 bits per heavy atom. The van der Waals surface area contributed by atoms with Gasteiger partial charge < -0.3 is 15.0 Å². The highest BCUT2D eigenvalue weighted by atomic mass is 127. The van der Waals surface area contributed by atoms with Crippen LogP contribution in [0.3, 0.4) is 0 Å². The molecular formula is C26H24IN3O3S. The molecule has 1 N–H and O–H groups in total. The first-order chi connectivity index (χ1) is 16.5. The summed E-state index contributed by atoms with van der Waals surface area (Å²) in [7, 11) is 1.59. The molecule has 0 saturated carbocycles. The van der Waals surface area contributed by atoms with Gasteiger partial charge in [-0.3, -0.25) is 14.5 Å². The number of carbonyl (C=O) groups is 2. The third-order valence-corrected chi connectivity index (χ3v) is 6.78. The zero-order chi connectivity index (χ0) is 24.1. The molecule has 0 radical (unpaired) electrons. The molecule has 1 atom stereocenters. The molecule has 0 spiro atoms. The molecule has 34 heavy (non-hydrogen) atoms. The Kier molecular flexibility index (Phi) is 7.79. The Bertz CT molecular complexity index is 1170. The lowest BCUT2D eigenvalue weighted by molar-refractivity contribution is -0.124. The van der Waals surface area contributed by atoms with Gasteiger partial charge in [0.1, 0.15) is 11.8 Å². The zero-order valence-corrected chi connectivity index (χ0v) is 21.6. The average molecular weight is 585 g/mol. The van der Waals surface area contributed by atoms with Crippen molar-refractivity contribution in [2.75, 3.05) is 23.9 Å². The predicted octanol–water partition coefficient (Wildman–Crippen LogP) is 4.87. The van der Waals surface area contributed by atoms with Crippen molar-refractivity contribution in [2.45, 2.75) is 18.9 Å². The summed E-state index contributed by atoms with van der Waals surface area (Å²) in [5.74, 6) is 0.250. The molecule has 3 aromatic rings. The maximum absolute atomic E-state index is 13.5. The molecule has 1 aliphatic rings. The van der Waals surface area contributed by atoms with E-state index >= 15 is 0 Å². The van der Waals surface area contributed by atoms with E-state index in [0.29, 0.717) is 35.2 Å². The molecule has 174 valence electrons. The highest BCUT2D eigenvalue weighted by Gasteiger charge is 2.43. The van der Waals surface area contributed by atoms with Crippen LogP contribution < -0.4 is 15.0 Å². The van der Waals surface area contributed by atoms with Gasteiger partial charge in [-0.2, -0.15) is 0 Å². The number of nitrogens with one attached hydrogen (secondary N) is 1. The largest absolute Gasteiger partial charge is 0.497 e. The minimum atomic E-state index is -0.679. The molecule has 1 fully saturated rings. The molecule has 2 amide bonds. The standard InChI is InChI=1S/C26H24IN3O3S/c1-33-22-13-11-21(12-14-22)30-25(32)23(17-24(31)28-20-9-7-19(27)8-10-20)29(26(30)34)16-15-18-5-3-2-4-6-18/h2-14,23H,15-17H2,1H3,(H,28,31). The molecule has 1 unspecified atom stereocenters. The maximum atomic E-state index is 13.5. The van der Waals surface area contributed by atoms with Gasteiger partial charge >= 0.3 is 0 Å². The second-order valence-corrected chi connectivity index (χ2v) is 9.47. The molecule has 1 heterocycles. The number of hydrogen-bond acceptors (Lipinski definition) is 4. The van der Waals surface area contributed by atoms with Crippen molar-refractivity contribution in [1.29, 1.82) is 0 Å². The smallest absolute Gasteiger partial charge is 0.256 e. The van der Waals surface area contributed by atoms with E-state index in [1.807, 2.05) is 59.5 Å². The van der Waals surface area contributed by atoms with Gasteiger partial charge in [0, 0.05) is 15.8 Å². The minimum absolute atomic E-state index is 0.00635. The van der Waals surface area contributed by atoms with Crippen LogP contribution in [0, 0.1) is 3.57 Å². The molecule has 0 bridgehead atoms. The van der Waals surface area contributed by atoms with E-state index in [-0.39, 0.29) is 18.2 Å². The van der Waals surface area contributed by atoms with Crippen LogP contribution >= 0.6 is 34.8 Å². The second-order valence-electron chi connectivity index (χ2n) is 7.86. The van der Waals surface area contributed by atoms with Crippen molar-refractivity contribution in [1.82, 2.24) is 4.90 Å². The zero-order valence-electron chi connectivity index (χ0n) is 18.6. The van der Waals surface area contributed by atoms with E-state index in [9.17, 15) is 9.59 Å². The number of carbonyl (C=O) groups excluding carboxylic acids is 2. The molecule has 1 saturated heterocycles. The highest BCUT2D eigenvalue weighted by Crippen LogP contribution is 2.29. The van der Waals surface area contributed by atoms with Crippen LogP contribution in [-0.2, 0) is 16.0 Å². The SMILES string of the molecule is COc1ccc(N2C(=O)C(CC(=O)Nc3ccc(I)cc3)N(CCc3ccccc3)C2=S)cc1. The number of thiocarbonyl (C=S) groups is 1. The lowest BCUT2D eigenvalue weighted by atomic mass is 10.1. The van der Waals surface area contributed by atoms with Crippen LogP contribution in [0.2, 0.25) is 0 Å². The van der Waals surface area contributed by atoms with Gasteiger partial charge in [0.2, 0.25) is 5.91 Å². The Morgan fingerprint density at radius 1 is 1.03 bits per heavy atom. The fourth-order valence-corrected chi connectivity index (χ4v) is 4.64. The summed E-state index contributed by atoms with van der Waals surface area (Å²) in [6.45, 7) is 0.530. The molecule has 8 heteroatoms. The van der Waals surface area contributed by atoms with Crippen LogP contribution in [0.15, 0.2) is 78.9 Å². The summed E-state index contributed by atoms with van der Waals surface area (Å²) < 4.78 is 6.31. The van der Waals surface area contributed by atoms with Gasteiger partial charge in [0.25, 0.3) is 5.91 Å². The van der Waals surface area contributed by atoms with Gasteiger partial charge in [-0.25, -0.2) is 0 Å². The Hall–Kier alpha value is -2.98. The fraction of sp³-hybridized carbons (Fsp3) is 0.192. The first kappa shape index (κ1) is 24.2. The van der Waals surface area contributed by atoms with Crippen molar-refractivity contribution in [3.63, 3.8) is 0 Å². The van der Waals surface area contributed by atoms with E-state index in [4.69, 9.17) is 17.0 Å². The quantitative estimate of drug-likeness (QED) is 0.302. The van der Waals surface area contributed by atoms with Crippen LogP contribution in [0.1, 0.15) is 12.0 Å². The Balaban J connectivity index is 1.55. The number of halogens is 1. The molecular weight excluding hydrogens is 561 g/mol. The molecule has 0 aromatic heterocycles. The summed E-state index contributed by atoms with van der Waals surface area (Å²) in [5, 5.41) is 3.30. The average Bonchev–Trinajstić information content (AvgIpc) is 3.08. The van der Waals surface area contributed by atoms with Crippen LogP contribution in [0.5, 0.6) is 5.75 Å². The van der Waals surface area contributed by atoms with Gasteiger partial charge in [0.05, 0.1) is 19.2 Å². The van der Waals surface area contributed by atoms with Crippen molar-refractivity contribution >= 4 is 63.1 Å². The number of benzene rings is 3. The lowest BCUT2D eigenvalue weighted by Crippen LogP contribution is -2.39. The predicted molar refractivity (Wildman–Crippen MR) is 146 cm³/mol. The number of methoxy groups -OCH3 is 1. The number of anilines is 2. The van der Waals surface area contributed by atoms with E-state index in [1.54, 1.807) is 31.4 Å². The van der Waals surface area contributed by atoms with E-state index in [1.165, 1.54) is 4.90 Å². The third kappa shape index (κ3) is 5.56. The van der Waals surface area contributed by atoms with E-state index < -0.39 is 6.04 Å². The number of amides is 2. The van der Waals surface area contributed by atoms with E-state index in [0.717, 1.165) is 9.13 Å². The molecule has 1 aliphatic heterocycles. The van der Waals surface area contributed by atoms with Gasteiger partial charge in [-0.15, -0.1) is 0 Å². The monoisotopic (exact) mass is 585 g/mol. The third-order valence-electron chi connectivity index (χ3n) is 5.64. The molecule has 3 aromatic carbocycles. The highest BCUT2D eigenvalue weighted by molar-refractivity contribution is 14.1. The molecule has 4 rings (SSSR count).